The summed E-state index contributed by atoms with van der Waals surface area (Å²) < 4.78 is 3.00. The van der Waals surface area contributed by atoms with Crippen LogP contribution in [0.15, 0.2) is 76.1 Å². The molecule has 0 bridgehead atoms. The summed E-state index contributed by atoms with van der Waals surface area (Å²) in [5, 5.41) is 12.3. The van der Waals surface area contributed by atoms with E-state index in [9.17, 15) is 9.59 Å². The fourth-order valence-corrected chi connectivity index (χ4v) is 3.26. The van der Waals surface area contributed by atoms with Gasteiger partial charge in [0.05, 0.1) is 17.6 Å². The van der Waals surface area contributed by atoms with Gasteiger partial charge in [0.25, 0.3) is 5.56 Å². The Hall–Kier alpha value is -3.39. The van der Waals surface area contributed by atoms with Crippen molar-refractivity contribution in [3.05, 3.63) is 98.6 Å². The Balaban J connectivity index is 1.77. The predicted octanol–water partition coefficient (Wildman–Crippen LogP) is 3.12. The lowest BCUT2D eigenvalue weighted by molar-refractivity contribution is 0.103. The first-order chi connectivity index (χ1) is 13.6. The molecule has 7 nitrogen and oxygen atoms in total. The predicted molar refractivity (Wildman–Crippen MR) is 107 cm³/mol. The van der Waals surface area contributed by atoms with Crippen molar-refractivity contribution >= 4 is 21.7 Å². The lowest BCUT2D eigenvalue weighted by Crippen LogP contribution is -2.23. The lowest BCUT2D eigenvalue weighted by atomic mass is 10.1. The molecule has 0 atom stereocenters. The van der Waals surface area contributed by atoms with Crippen LogP contribution in [-0.4, -0.2) is 30.6 Å². The van der Waals surface area contributed by atoms with E-state index in [-0.39, 0.29) is 21.5 Å². The van der Waals surface area contributed by atoms with Crippen molar-refractivity contribution < 1.29 is 4.79 Å². The van der Waals surface area contributed by atoms with E-state index in [0.717, 1.165) is 0 Å². The second kappa shape index (κ2) is 7.32. The summed E-state index contributed by atoms with van der Waals surface area (Å²) in [6.07, 6.45) is 1.51. The summed E-state index contributed by atoms with van der Waals surface area (Å²) >= 11 is 3.34. The summed E-state index contributed by atoms with van der Waals surface area (Å²) in [6, 6.07) is 18.0. The van der Waals surface area contributed by atoms with Crippen LogP contribution in [0.25, 0.3) is 11.4 Å². The average molecular weight is 436 g/mol. The largest absolute Gasteiger partial charge is 0.288 e. The number of nitrogens with zero attached hydrogens (tertiary/aromatic N) is 5. The van der Waals surface area contributed by atoms with E-state index in [1.807, 2.05) is 24.3 Å². The number of ketones is 1. The molecule has 2 aromatic carbocycles. The van der Waals surface area contributed by atoms with Crippen molar-refractivity contribution in [3.63, 3.8) is 0 Å². The molecule has 0 fully saturated rings. The highest BCUT2D eigenvalue weighted by Gasteiger charge is 2.21. The van der Waals surface area contributed by atoms with E-state index >= 15 is 0 Å². The highest BCUT2D eigenvalue weighted by Crippen LogP contribution is 2.20. The Bertz CT molecular complexity index is 1220. The van der Waals surface area contributed by atoms with E-state index in [2.05, 4.69) is 31.3 Å². The van der Waals surface area contributed by atoms with Gasteiger partial charge in [-0.2, -0.15) is 9.78 Å². The summed E-state index contributed by atoms with van der Waals surface area (Å²) in [5.41, 5.74) is 1.99. The van der Waals surface area contributed by atoms with Gasteiger partial charge in [-0.25, -0.2) is 4.68 Å². The van der Waals surface area contributed by atoms with E-state index in [4.69, 9.17) is 0 Å². The van der Waals surface area contributed by atoms with Gasteiger partial charge in [0, 0.05) is 5.56 Å². The van der Waals surface area contributed by atoms with Crippen LogP contribution in [0.1, 0.15) is 21.7 Å². The van der Waals surface area contributed by atoms with Crippen molar-refractivity contribution in [3.8, 4) is 11.4 Å². The molecular formula is C20H14BrN5O2. The first kappa shape index (κ1) is 18.0. The molecule has 138 valence electrons. The second-order valence-electron chi connectivity index (χ2n) is 6.03. The van der Waals surface area contributed by atoms with Gasteiger partial charge in [-0.15, -0.1) is 5.10 Å². The fraction of sp³-hybridized carbons (Fsp3) is 0.0500. The smallest absolute Gasteiger partial charge is 0.287 e. The number of carbonyl (C=O) groups is 1. The molecule has 28 heavy (non-hydrogen) atoms. The minimum atomic E-state index is -0.338. The molecule has 0 aliphatic carbocycles. The average Bonchev–Trinajstić information content (AvgIpc) is 3.12. The van der Waals surface area contributed by atoms with Crippen LogP contribution in [0.4, 0.5) is 0 Å². The van der Waals surface area contributed by atoms with Gasteiger partial charge in [0.1, 0.15) is 10.2 Å². The molecule has 0 amide bonds. The molecule has 0 unspecified atom stereocenters. The monoisotopic (exact) mass is 435 g/mol. The van der Waals surface area contributed by atoms with Crippen LogP contribution in [0, 0.1) is 6.92 Å². The number of hydrogen-bond donors (Lipinski definition) is 0. The van der Waals surface area contributed by atoms with Gasteiger partial charge in [-0.05, 0) is 35.0 Å². The minimum Gasteiger partial charge on any atom is -0.287 e. The maximum Gasteiger partial charge on any atom is 0.288 e. The Labute approximate surface area is 168 Å². The zero-order valence-corrected chi connectivity index (χ0v) is 16.4. The van der Waals surface area contributed by atoms with Crippen LogP contribution < -0.4 is 5.56 Å². The highest BCUT2D eigenvalue weighted by atomic mass is 79.9. The van der Waals surface area contributed by atoms with E-state index in [1.54, 1.807) is 43.3 Å². The van der Waals surface area contributed by atoms with Crippen molar-refractivity contribution in [1.29, 1.82) is 0 Å². The third kappa shape index (κ3) is 3.07. The van der Waals surface area contributed by atoms with Crippen molar-refractivity contribution in [2.75, 3.05) is 0 Å². The molecule has 8 heteroatoms. The number of aromatic nitrogens is 5. The lowest BCUT2D eigenvalue weighted by Gasteiger charge is -2.09. The van der Waals surface area contributed by atoms with Crippen LogP contribution in [-0.2, 0) is 0 Å². The molecule has 0 radical (unpaired) electrons. The number of rotatable bonds is 4. The van der Waals surface area contributed by atoms with Crippen LogP contribution >= 0.6 is 15.9 Å². The Morgan fingerprint density at radius 3 is 2.29 bits per heavy atom. The van der Waals surface area contributed by atoms with Gasteiger partial charge >= 0.3 is 0 Å². The molecular weight excluding hydrogens is 422 g/mol. The van der Waals surface area contributed by atoms with Gasteiger partial charge in [-0.3, -0.25) is 9.59 Å². The third-order valence-electron chi connectivity index (χ3n) is 4.28. The molecule has 4 rings (SSSR count). The first-order valence-corrected chi connectivity index (χ1v) is 9.23. The van der Waals surface area contributed by atoms with Gasteiger partial charge in [-0.1, -0.05) is 53.7 Å². The third-order valence-corrected chi connectivity index (χ3v) is 5.02. The van der Waals surface area contributed by atoms with Gasteiger partial charge < -0.3 is 0 Å². The van der Waals surface area contributed by atoms with Gasteiger partial charge in [0.15, 0.2) is 5.69 Å². The van der Waals surface area contributed by atoms with E-state index in [1.165, 1.54) is 15.6 Å². The van der Waals surface area contributed by atoms with Crippen LogP contribution in [0.5, 0.6) is 0 Å². The minimum absolute atomic E-state index is 0.227. The fourth-order valence-electron chi connectivity index (χ4n) is 2.82. The van der Waals surface area contributed by atoms with Crippen LogP contribution in [0.3, 0.4) is 0 Å². The normalized spacial score (nSPS) is 10.8. The maximum absolute atomic E-state index is 12.8. The Morgan fingerprint density at radius 2 is 1.61 bits per heavy atom. The summed E-state index contributed by atoms with van der Waals surface area (Å²) in [4.78, 5) is 25.5. The Morgan fingerprint density at radius 1 is 0.964 bits per heavy atom. The zero-order valence-electron chi connectivity index (χ0n) is 14.8. The number of benzene rings is 2. The van der Waals surface area contributed by atoms with Crippen molar-refractivity contribution in [2.24, 2.45) is 0 Å². The molecule has 0 aliphatic rings. The molecule has 0 saturated heterocycles. The molecule has 0 N–H and O–H groups in total. The molecule has 2 aromatic heterocycles. The SMILES string of the molecule is Cc1c(C(=O)c2ccccc2)nnn1-c1cnn(-c2ccccc2)c(=O)c1Br. The standard InChI is InChI=1S/C20H14BrN5O2/c1-13-18(19(27)14-8-4-2-5-9-14)23-24-25(13)16-12-22-26(20(28)17(16)21)15-10-6-3-7-11-15/h2-12H,1H3. The molecule has 4 aromatic rings. The molecule has 0 aliphatic heterocycles. The number of para-hydroxylation sites is 1. The second-order valence-corrected chi connectivity index (χ2v) is 6.82. The van der Waals surface area contributed by atoms with Gasteiger partial charge in [0.2, 0.25) is 5.78 Å². The summed E-state index contributed by atoms with van der Waals surface area (Å²) in [7, 11) is 0. The zero-order chi connectivity index (χ0) is 19.7. The summed E-state index contributed by atoms with van der Waals surface area (Å²) in [5.74, 6) is -0.231. The van der Waals surface area contributed by atoms with Crippen LogP contribution in [0.2, 0.25) is 0 Å². The quantitative estimate of drug-likeness (QED) is 0.459. The number of carbonyl (C=O) groups excluding carboxylic acids is 1. The molecule has 0 spiro atoms. The molecule has 2 heterocycles. The first-order valence-electron chi connectivity index (χ1n) is 8.43. The van der Waals surface area contributed by atoms with Crippen molar-refractivity contribution in [2.45, 2.75) is 6.92 Å². The van der Waals surface area contributed by atoms with Crippen molar-refractivity contribution in [1.82, 2.24) is 24.8 Å². The summed E-state index contributed by atoms with van der Waals surface area (Å²) in [6.45, 7) is 1.73. The molecule has 0 saturated carbocycles. The number of hydrogen-bond acceptors (Lipinski definition) is 5. The topological polar surface area (TPSA) is 82.7 Å². The number of halogens is 1. The Kier molecular flexibility index (Phi) is 4.70. The maximum atomic E-state index is 12.8. The van der Waals surface area contributed by atoms with E-state index in [0.29, 0.717) is 22.6 Å². The highest BCUT2D eigenvalue weighted by molar-refractivity contribution is 9.10. The van der Waals surface area contributed by atoms with E-state index < -0.39 is 0 Å².